The van der Waals surface area contributed by atoms with Gasteiger partial charge in [0.2, 0.25) is 5.91 Å². The number of amides is 1. The Labute approximate surface area is 78.4 Å². The molecule has 0 fully saturated rings. The van der Waals surface area contributed by atoms with Crippen molar-refractivity contribution in [2.24, 2.45) is 0 Å². The van der Waals surface area contributed by atoms with Gasteiger partial charge in [0.15, 0.2) is 0 Å². The Morgan fingerprint density at radius 2 is 2.21 bits per heavy atom. The van der Waals surface area contributed by atoms with Crippen molar-refractivity contribution >= 4 is 17.6 Å². The molecule has 0 aromatic heterocycles. The lowest BCUT2D eigenvalue weighted by molar-refractivity contribution is -0.115. The standard InChI is InChI=1S/C9H6FNO3/c10-6-1-4-2-8(12)11-7(4)3-5(6)9(13)14/h1,3H,2H2,(H,11,12)(H,13,14). The SMILES string of the molecule is O=C1Cc2cc(F)c(C(=O)O)cc2N1. The summed E-state index contributed by atoms with van der Waals surface area (Å²) in [6.45, 7) is 0. The van der Waals surface area contributed by atoms with Crippen LogP contribution < -0.4 is 5.32 Å². The highest BCUT2D eigenvalue weighted by molar-refractivity contribution is 6.01. The fourth-order valence-electron chi connectivity index (χ4n) is 1.41. The van der Waals surface area contributed by atoms with E-state index in [9.17, 15) is 14.0 Å². The highest BCUT2D eigenvalue weighted by Gasteiger charge is 2.22. The van der Waals surface area contributed by atoms with Crippen LogP contribution in [0.3, 0.4) is 0 Å². The van der Waals surface area contributed by atoms with E-state index < -0.39 is 17.3 Å². The Kier molecular flexibility index (Phi) is 1.73. The van der Waals surface area contributed by atoms with Crippen LogP contribution in [0.2, 0.25) is 0 Å². The molecule has 1 amide bonds. The summed E-state index contributed by atoms with van der Waals surface area (Å²) >= 11 is 0. The summed E-state index contributed by atoms with van der Waals surface area (Å²) in [5.41, 5.74) is 0.456. The van der Waals surface area contributed by atoms with Gasteiger partial charge < -0.3 is 10.4 Å². The van der Waals surface area contributed by atoms with Gasteiger partial charge in [0.1, 0.15) is 5.82 Å². The van der Waals surface area contributed by atoms with Crippen molar-refractivity contribution in [2.45, 2.75) is 6.42 Å². The molecule has 0 bridgehead atoms. The third kappa shape index (κ3) is 1.22. The predicted molar refractivity (Wildman–Crippen MR) is 45.7 cm³/mol. The van der Waals surface area contributed by atoms with E-state index in [0.717, 1.165) is 12.1 Å². The molecule has 72 valence electrons. The molecule has 1 aliphatic rings. The van der Waals surface area contributed by atoms with Crippen LogP contribution >= 0.6 is 0 Å². The zero-order chi connectivity index (χ0) is 10.3. The van der Waals surface area contributed by atoms with Crippen LogP contribution in [0.15, 0.2) is 12.1 Å². The van der Waals surface area contributed by atoms with Crippen molar-refractivity contribution < 1.29 is 19.1 Å². The number of halogens is 1. The summed E-state index contributed by atoms with van der Waals surface area (Å²) in [6.07, 6.45) is 0.103. The minimum atomic E-state index is -1.34. The lowest BCUT2D eigenvalue weighted by Gasteiger charge is -2.01. The molecule has 0 unspecified atom stereocenters. The van der Waals surface area contributed by atoms with Crippen molar-refractivity contribution in [3.8, 4) is 0 Å². The Bertz CT molecular complexity index is 442. The van der Waals surface area contributed by atoms with Gasteiger partial charge in [0, 0.05) is 5.69 Å². The van der Waals surface area contributed by atoms with Gasteiger partial charge in [-0.15, -0.1) is 0 Å². The van der Waals surface area contributed by atoms with E-state index in [4.69, 9.17) is 5.11 Å². The third-order valence-electron chi connectivity index (χ3n) is 2.05. The highest BCUT2D eigenvalue weighted by atomic mass is 19.1. The summed E-state index contributed by atoms with van der Waals surface area (Å²) in [5.74, 6) is -2.40. The molecular weight excluding hydrogens is 189 g/mol. The second kappa shape index (κ2) is 2.80. The monoisotopic (exact) mass is 195 g/mol. The van der Waals surface area contributed by atoms with Gasteiger partial charge in [-0.05, 0) is 17.7 Å². The maximum absolute atomic E-state index is 13.1. The van der Waals surface area contributed by atoms with Crippen LogP contribution in [0.5, 0.6) is 0 Å². The van der Waals surface area contributed by atoms with Crippen molar-refractivity contribution in [3.63, 3.8) is 0 Å². The number of hydrogen-bond donors (Lipinski definition) is 2. The number of aromatic carboxylic acids is 1. The number of hydrogen-bond acceptors (Lipinski definition) is 2. The third-order valence-corrected chi connectivity index (χ3v) is 2.05. The van der Waals surface area contributed by atoms with Crippen LogP contribution in [-0.2, 0) is 11.2 Å². The molecule has 4 nitrogen and oxygen atoms in total. The van der Waals surface area contributed by atoms with Crippen molar-refractivity contribution in [2.75, 3.05) is 5.32 Å². The Morgan fingerprint density at radius 3 is 2.86 bits per heavy atom. The molecule has 0 saturated carbocycles. The Balaban J connectivity index is 2.55. The summed E-state index contributed by atoms with van der Waals surface area (Å²) in [7, 11) is 0. The quantitative estimate of drug-likeness (QED) is 0.703. The highest BCUT2D eigenvalue weighted by Crippen LogP contribution is 2.26. The fourth-order valence-corrected chi connectivity index (χ4v) is 1.41. The lowest BCUT2D eigenvalue weighted by Crippen LogP contribution is -2.04. The predicted octanol–water partition coefficient (Wildman–Crippen LogP) is 1.02. The van der Waals surface area contributed by atoms with Gasteiger partial charge in [-0.1, -0.05) is 0 Å². The average Bonchev–Trinajstić information content (AvgIpc) is 2.42. The number of rotatable bonds is 1. The van der Waals surface area contributed by atoms with E-state index >= 15 is 0 Å². The fraction of sp³-hybridized carbons (Fsp3) is 0.111. The molecule has 1 aromatic rings. The van der Waals surface area contributed by atoms with E-state index in [-0.39, 0.29) is 12.3 Å². The lowest BCUT2D eigenvalue weighted by atomic mass is 10.1. The zero-order valence-electron chi connectivity index (χ0n) is 7.00. The summed E-state index contributed by atoms with van der Waals surface area (Å²) in [5, 5.41) is 11.1. The van der Waals surface area contributed by atoms with E-state index in [1.165, 1.54) is 0 Å². The minimum Gasteiger partial charge on any atom is -0.478 e. The van der Waals surface area contributed by atoms with Gasteiger partial charge >= 0.3 is 5.97 Å². The van der Waals surface area contributed by atoms with Crippen LogP contribution in [0, 0.1) is 5.82 Å². The normalized spacial score (nSPS) is 13.6. The number of nitrogens with one attached hydrogen (secondary N) is 1. The molecule has 5 heteroatoms. The molecule has 1 aliphatic heterocycles. The molecule has 2 rings (SSSR count). The second-order valence-corrected chi connectivity index (χ2v) is 3.02. The maximum Gasteiger partial charge on any atom is 0.338 e. The molecule has 0 spiro atoms. The zero-order valence-corrected chi connectivity index (χ0v) is 7.00. The first kappa shape index (κ1) is 8.68. The summed E-state index contributed by atoms with van der Waals surface area (Å²) < 4.78 is 13.1. The molecule has 0 atom stereocenters. The second-order valence-electron chi connectivity index (χ2n) is 3.02. The van der Waals surface area contributed by atoms with E-state index in [1.807, 2.05) is 0 Å². The Morgan fingerprint density at radius 1 is 1.50 bits per heavy atom. The molecule has 1 aromatic carbocycles. The Hall–Kier alpha value is -1.91. The summed E-state index contributed by atoms with van der Waals surface area (Å²) in [4.78, 5) is 21.5. The minimum absolute atomic E-state index is 0.103. The molecular formula is C9H6FNO3. The van der Waals surface area contributed by atoms with Crippen LogP contribution in [0.4, 0.5) is 10.1 Å². The van der Waals surface area contributed by atoms with Gasteiger partial charge in [0.05, 0.1) is 12.0 Å². The first-order valence-corrected chi connectivity index (χ1v) is 3.93. The molecule has 14 heavy (non-hydrogen) atoms. The first-order valence-electron chi connectivity index (χ1n) is 3.93. The number of carboxylic acids is 1. The van der Waals surface area contributed by atoms with Gasteiger partial charge in [-0.3, -0.25) is 4.79 Å². The topological polar surface area (TPSA) is 66.4 Å². The number of fused-ring (bicyclic) bond motifs is 1. The van der Waals surface area contributed by atoms with E-state index in [2.05, 4.69) is 5.32 Å². The number of benzene rings is 1. The molecule has 0 radical (unpaired) electrons. The van der Waals surface area contributed by atoms with Gasteiger partial charge in [0.25, 0.3) is 0 Å². The van der Waals surface area contributed by atoms with Crippen LogP contribution in [0.25, 0.3) is 0 Å². The largest absolute Gasteiger partial charge is 0.478 e. The molecule has 1 heterocycles. The van der Waals surface area contributed by atoms with Crippen LogP contribution in [-0.4, -0.2) is 17.0 Å². The van der Waals surface area contributed by atoms with Crippen LogP contribution in [0.1, 0.15) is 15.9 Å². The van der Waals surface area contributed by atoms with Crippen molar-refractivity contribution in [1.29, 1.82) is 0 Å². The molecule has 2 N–H and O–H groups in total. The summed E-state index contributed by atoms with van der Waals surface area (Å²) in [6, 6.07) is 2.22. The number of carboxylic acid groups (broad SMARTS) is 1. The van der Waals surface area contributed by atoms with E-state index in [0.29, 0.717) is 11.3 Å². The number of carbonyl (C=O) groups excluding carboxylic acids is 1. The molecule has 0 saturated heterocycles. The van der Waals surface area contributed by atoms with Crippen molar-refractivity contribution in [3.05, 3.63) is 29.1 Å². The van der Waals surface area contributed by atoms with Crippen molar-refractivity contribution in [1.82, 2.24) is 0 Å². The van der Waals surface area contributed by atoms with Gasteiger partial charge in [-0.25, -0.2) is 9.18 Å². The number of anilines is 1. The number of carbonyl (C=O) groups is 2. The molecule has 0 aliphatic carbocycles. The first-order chi connectivity index (χ1) is 6.58. The maximum atomic E-state index is 13.1. The van der Waals surface area contributed by atoms with E-state index in [1.54, 1.807) is 0 Å². The van der Waals surface area contributed by atoms with Gasteiger partial charge in [-0.2, -0.15) is 0 Å². The average molecular weight is 195 g/mol. The smallest absolute Gasteiger partial charge is 0.338 e.